The largest absolute Gasteiger partial charge is 0.453 e. The van der Waals surface area contributed by atoms with Crippen molar-refractivity contribution in [2.75, 3.05) is 33.9 Å². The van der Waals surface area contributed by atoms with Crippen molar-refractivity contribution in [1.82, 2.24) is 35.5 Å². The molecule has 13 nitrogen and oxygen atoms in total. The molecule has 2 bridgehead atoms. The number of nitrogens with one attached hydrogen (secondary N) is 4. The summed E-state index contributed by atoms with van der Waals surface area (Å²) in [5.41, 5.74) is 6.18. The Labute approximate surface area is 303 Å². The number of carbonyl (C=O) groups is 3. The first kappa shape index (κ1) is 36.8. The Hall–Kier alpha value is -5.01. The van der Waals surface area contributed by atoms with Crippen LogP contribution in [-0.4, -0.2) is 93.9 Å². The highest BCUT2D eigenvalue weighted by atomic mass is 16.5. The van der Waals surface area contributed by atoms with Crippen molar-refractivity contribution in [2.24, 2.45) is 17.8 Å². The SMILES string of the molecule is COC(=O)NC(C(=O)N1CCCC1c1ncc(-c2ccc(-c3ccc(-c4cnc[nH]4)cc3)cc2)[nH]1)C(C)OC.O=C(NCCO)C1CC2CCC1C2. The number of aromatic amines is 2. The number of H-pyrrole nitrogens is 2. The lowest BCUT2D eigenvalue weighted by molar-refractivity contribution is -0.137. The van der Waals surface area contributed by atoms with Gasteiger partial charge in [-0.3, -0.25) is 9.59 Å². The van der Waals surface area contributed by atoms with E-state index in [1.165, 1.54) is 33.5 Å². The predicted octanol–water partition coefficient (Wildman–Crippen LogP) is 5.09. The summed E-state index contributed by atoms with van der Waals surface area (Å²) in [5.74, 6) is 2.37. The van der Waals surface area contributed by atoms with Crippen LogP contribution in [0.4, 0.5) is 4.79 Å². The summed E-state index contributed by atoms with van der Waals surface area (Å²) in [7, 11) is 2.77. The number of aliphatic hydroxyl groups is 1. The molecule has 4 aromatic rings. The molecule has 2 aromatic heterocycles. The van der Waals surface area contributed by atoms with Crippen molar-refractivity contribution >= 4 is 17.9 Å². The van der Waals surface area contributed by atoms with Crippen LogP contribution in [-0.2, 0) is 19.1 Å². The molecule has 2 aromatic carbocycles. The van der Waals surface area contributed by atoms with Crippen LogP contribution in [0.1, 0.15) is 57.3 Å². The number of carbonyl (C=O) groups excluding carboxylic acids is 3. The Morgan fingerprint density at radius 3 is 2.21 bits per heavy atom. The summed E-state index contributed by atoms with van der Waals surface area (Å²) in [6.07, 6.45) is 10.6. The molecule has 1 saturated heterocycles. The molecule has 3 heterocycles. The van der Waals surface area contributed by atoms with Crippen LogP contribution in [0.25, 0.3) is 33.6 Å². The number of ether oxygens (including phenoxy) is 2. The van der Waals surface area contributed by atoms with Gasteiger partial charge in [0.2, 0.25) is 11.8 Å². The van der Waals surface area contributed by atoms with Crippen molar-refractivity contribution in [3.8, 4) is 33.6 Å². The standard InChI is InChI=1S/C29H32N6O4.C10H17NO2/c1-18(38-2)26(34-29(37)39-3)28(36)35-14-4-5-25(35)27-31-16-24(33-27)22-12-8-20(9-13-22)19-6-10-21(11-7-19)23-15-30-17-32-23;12-4-3-11-10(13)9-6-7-1-2-8(9)5-7/h6-13,15-18,25-26H,4-5,14H2,1-3H3,(H,30,32)(H,31,33)(H,34,37);7-9,12H,1-6H2,(H,11,13). The zero-order valence-corrected chi connectivity index (χ0v) is 30.0. The Morgan fingerprint density at radius 1 is 0.942 bits per heavy atom. The van der Waals surface area contributed by atoms with E-state index < -0.39 is 18.2 Å². The lowest BCUT2D eigenvalue weighted by Gasteiger charge is -2.30. The van der Waals surface area contributed by atoms with E-state index in [1.807, 2.05) is 0 Å². The maximum atomic E-state index is 13.4. The second-order valence-electron chi connectivity index (χ2n) is 13.8. The first-order valence-electron chi connectivity index (χ1n) is 18.1. The molecule has 6 atom stereocenters. The number of likely N-dealkylation sites (tertiary alicyclic amines) is 1. The molecule has 3 aliphatic rings. The minimum absolute atomic E-state index is 0.0482. The summed E-state index contributed by atoms with van der Waals surface area (Å²) in [6.45, 7) is 2.77. The zero-order valence-electron chi connectivity index (χ0n) is 30.0. The summed E-state index contributed by atoms with van der Waals surface area (Å²) < 4.78 is 10.1. The monoisotopic (exact) mass is 711 g/mol. The van der Waals surface area contributed by atoms with Gasteiger partial charge in [-0.1, -0.05) is 55.0 Å². The van der Waals surface area contributed by atoms with E-state index in [9.17, 15) is 14.4 Å². The fourth-order valence-electron chi connectivity index (χ4n) is 7.82. The second kappa shape index (κ2) is 17.0. The van der Waals surface area contributed by atoms with Crippen molar-refractivity contribution in [1.29, 1.82) is 0 Å². The molecule has 0 spiro atoms. The minimum Gasteiger partial charge on any atom is -0.453 e. The molecule has 5 N–H and O–H groups in total. The fraction of sp³-hybridized carbons (Fsp3) is 0.462. The number of nitrogens with zero attached hydrogens (tertiary/aromatic N) is 3. The molecule has 2 saturated carbocycles. The van der Waals surface area contributed by atoms with E-state index in [2.05, 4.69) is 79.1 Å². The number of alkyl carbamates (subject to hydrolysis) is 1. The molecular formula is C39H49N7O6. The van der Waals surface area contributed by atoms with Crippen LogP contribution in [0.2, 0.25) is 0 Å². The van der Waals surface area contributed by atoms with Gasteiger partial charge in [-0.2, -0.15) is 0 Å². The normalized spacial score (nSPS) is 21.6. The molecule has 3 amide bonds. The highest BCUT2D eigenvalue weighted by molar-refractivity contribution is 5.87. The quantitative estimate of drug-likeness (QED) is 0.143. The van der Waals surface area contributed by atoms with Gasteiger partial charge < -0.3 is 40.1 Å². The Kier molecular flexibility index (Phi) is 12.0. The highest BCUT2D eigenvalue weighted by Crippen LogP contribution is 2.48. The van der Waals surface area contributed by atoms with Crippen LogP contribution >= 0.6 is 0 Å². The van der Waals surface area contributed by atoms with Crippen LogP contribution in [0.5, 0.6) is 0 Å². The van der Waals surface area contributed by atoms with Gasteiger partial charge in [-0.05, 0) is 73.1 Å². The third-order valence-corrected chi connectivity index (χ3v) is 10.7. The number of aromatic nitrogens is 4. The molecule has 276 valence electrons. The number of amides is 3. The van der Waals surface area contributed by atoms with Crippen LogP contribution < -0.4 is 10.6 Å². The maximum absolute atomic E-state index is 13.4. The number of benzene rings is 2. The second-order valence-corrected chi connectivity index (χ2v) is 13.8. The summed E-state index contributed by atoms with van der Waals surface area (Å²) in [4.78, 5) is 53.9. The van der Waals surface area contributed by atoms with Crippen LogP contribution in [0.3, 0.4) is 0 Å². The van der Waals surface area contributed by atoms with Crippen LogP contribution in [0, 0.1) is 17.8 Å². The van der Waals surface area contributed by atoms with Gasteiger partial charge in [-0.25, -0.2) is 14.8 Å². The fourth-order valence-corrected chi connectivity index (χ4v) is 7.82. The van der Waals surface area contributed by atoms with Gasteiger partial charge in [-0.15, -0.1) is 0 Å². The molecule has 52 heavy (non-hydrogen) atoms. The minimum atomic E-state index is -0.862. The lowest BCUT2D eigenvalue weighted by atomic mass is 9.88. The van der Waals surface area contributed by atoms with E-state index >= 15 is 0 Å². The van der Waals surface area contributed by atoms with Gasteiger partial charge in [0, 0.05) is 26.1 Å². The zero-order chi connectivity index (χ0) is 36.6. The molecule has 1 aliphatic heterocycles. The number of methoxy groups -OCH3 is 2. The summed E-state index contributed by atoms with van der Waals surface area (Å²) in [6, 6.07) is 15.5. The first-order valence-corrected chi connectivity index (χ1v) is 18.1. The molecular weight excluding hydrogens is 662 g/mol. The van der Waals surface area contributed by atoms with Crippen LogP contribution in [0.15, 0.2) is 67.3 Å². The molecule has 2 aliphatic carbocycles. The maximum Gasteiger partial charge on any atom is 0.407 e. The predicted molar refractivity (Wildman–Crippen MR) is 196 cm³/mol. The lowest BCUT2D eigenvalue weighted by Crippen LogP contribution is -2.54. The number of aliphatic hydroxyl groups excluding tert-OH is 1. The molecule has 3 fully saturated rings. The number of rotatable bonds is 11. The summed E-state index contributed by atoms with van der Waals surface area (Å²) in [5, 5.41) is 14.0. The van der Waals surface area contributed by atoms with Crippen molar-refractivity contribution in [3.63, 3.8) is 0 Å². The molecule has 7 rings (SSSR count). The van der Waals surface area contributed by atoms with Crippen molar-refractivity contribution in [2.45, 2.75) is 63.6 Å². The summed E-state index contributed by atoms with van der Waals surface area (Å²) >= 11 is 0. The van der Waals surface area contributed by atoms with E-state index in [0.717, 1.165) is 64.6 Å². The van der Waals surface area contributed by atoms with Crippen molar-refractivity contribution in [3.05, 3.63) is 73.1 Å². The van der Waals surface area contributed by atoms with E-state index in [4.69, 9.17) is 14.6 Å². The number of hydrogen-bond acceptors (Lipinski definition) is 8. The van der Waals surface area contributed by atoms with Gasteiger partial charge in [0.15, 0.2) is 0 Å². The molecule has 0 radical (unpaired) electrons. The highest BCUT2D eigenvalue weighted by Gasteiger charge is 2.43. The Bertz CT molecular complexity index is 1780. The van der Waals surface area contributed by atoms with Gasteiger partial charge in [0.1, 0.15) is 11.9 Å². The van der Waals surface area contributed by atoms with Crippen molar-refractivity contribution < 1.29 is 29.0 Å². The number of hydrogen-bond donors (Lipinski definition) is 5. The third kappa shape index (κ3) is 8.37. The third-order valence-electron chi connectivity index (χ3n) is 10.7. The Morgan fingerprint density at radius 2 is 1.63 bits per heavy atom. The first-order chi connectivity index (χ1) is 25.3. The van der Waals surface area contributed by atoms with Gasteiger partial charge >= 0.3 is 6.09 Å². The topological polar surface area (TPSA) is 175 Å². The molecule has 6 unspecified atom stereocenters. The average Bonchev–Trinajstić information content (AvgIpc) is 4.04. The smallest absolute Gasteiger partial charge is 0.407 e. The van der Waals surface area contributed by atoms with E-state index in [1.54, 1.807) is 30.5 Å². The Balaban J connectivity index is 0.000000299. The number of imidazole rings is 2. The van der Waals surface area contributed by atoms with E-state index in [-0.39, 0.29) is 30.4 Å². The van der Waals surface area contributed by atoms with Gasteiger partial charge in [0.05, 0.1) is 56.0 Å². The average molecular weight is 712 g/mol. The number of fused-ring (bicyclic) bond motifs is 2. The van der Waals surface area contributed by atoms with E-state index in [0.29, 0.717) is 19.0 Å². The van der Waals surface area contributed by atoms with Gasteiger partial charge in [0.25, 0.3) is 0 Å². The molecule has 13 heteroatoms.